The van der Waals surface area contributed by atoms with E-state index in [-0.39, 0.29) is 16.4 Å². The Balaban J connectivity index is 1.94. The fraction of sp³-hybridized carbons (Fsp3) is 0.444. The van der Waals surface area contributed by atoms with Crippen LogP contribution in [-0.4, -0.2) is 52.0 Å². The Morgan fingerprint density at radius 1 is 1.30 bits per heavy atom. The van der Waals surface area contributed by atoms with E-state index in [4.69, 9.17) is 11.6 Å². The third-order valence-corrected chi connectivity index (χ3v) is 4.94. The molecular weight excluding hydrogens is 372 g/mol. The molecule has 1 N–H and O–H groups in total. The SMILES string of the molecule is CC(C)(C)C(=O)N1CCN(c2ccnc3c(O)c([N+](=O)[O-])cc(Cl)c23)CC1. The number of nitrogens with zero attached hydrogens (tertiary/aromatic N) is 4. The average molecular weight is 393 g/mol. The van der Waals surface area contributed by atoms with Gasteiger partial charge in [0.25, 0.3) is 0 Å². The molecule has 8 nitrogen and oxygen atoms in total. The van der Waals surface area contributed by atoms with Gasteiger partial charge in [-0.15, -0.1) is 0 Å². The molecule has 0 spiro atoms. The van der Waals surface area contributed by atoms with Crippen LogP contribution >= 0.6 is 11.6 Å². The average Bonchev–Trinajstić information content (AvgIpc) is 2.62. The Kier molecular flexibility index (Phi) is 4.86. The van der Waals surface area contributed by atoms with Crippen molar-refractivity contribution in [1.82, 2.24) is 9.88 Å². The summed E-state index contributed by atoms with van der Waals surface area (Å²) in [5.74, 6) is -0.393. The van der Waals surface area contributed by atoms with Crippen molar-refractivity contribution in [1.29, 1.82) is 0 Å². The van der Waals surface area contributed by atoms with E-state index in [1.54, 1.807) is 6.07 Å². The van der Waals surface area contributed by atoms with Crippen LogP contribution in [0.1, 0.15) is 20.8 Å². The van der Waals surface area contributed by atoms with Crippen molar-refractivity contribution in [3.63, 3.8) is 0 Å². The number of phenolic OH excluding ortho intramolecular Hbond substituents is 1. The number of halogens is 1. The zero-order valence-corrected chi connectivity index (χ0v) is 16.2. The Morgan fingerprint density at radius 2 is 1.93 bits per heavy atom. The predicted octanol–water partition coefficient (Wildman–Crippen LogP) is 3.20. The van der Waals surface area contributed by atoms with Crippen LogP contribution in [0.2, 0.25) is 5.02 Å². The third-order valence-electron chi connectivity index (χ3n) is 4.64. The smallest absolute Gasteiger partial charge is 0.314 e. The highest BCUT2D eigenvalue weighted by Crippen LogP contribution is 2.42. The fourth-order valence-corrected chi connectivity index (χ4v) is 3.57. The molecule has 1 aromatic carbocycles. The molecule has 1 saturated heterocycles. The number of phenols is 1. The number of piperazine rings is 1. The first kappa shape index (κ1) is 19.2. The summed E-state index contributed by atoms with van der Waals surface area (Å²) >= 11 is 6.29. The number of aromatic hydroxyl groups is 1. The summed E-state index contributed by atoms with van der Waals surface area (Å²) in [5, 5.41) is 22.0. The van der Waals surface area contributed by atoms with Crippen molar-refractivity contribution >= 4 is 39.8 Å². The number of aromatic nitrogens is 1. The van der Waals surface area contributed by atoms with E-state index >= 15 is 0 Å². The molecule has 1 aliphatic heterocycles. The lowest BCUT2D eigenvalue weighted by Crippen LogP contribution is -2.51. The van der Waals surface area contributed by atoms with Crippen molar-refractivity contribution in [2.24, 2.45) is 5.41 Å². The van der Waals surface area contributed by atoms with Gasteiger partial charge in [0.2, 0.25) is 11.7 Å². The predicted molar refractivity (Wildman–Crippen MR) is 103 cm³/mol. The summed E-state index contributed by atoms with van der Waals surface area (Å²) in [6, 6.07) is 2.91. The number of nitro groups is 1. The molecule has 0 atom stereocenters. The van der Waals surface area contributed by atoms with Crippen LogP contribution < -0.4 is 4.90 Å². The maximum Gasteiger partial charge on any atom is 0.314 e. The van der Waals surface area contributed by atoms with Crippen molar-refractivity contribution < 1.29 is 14.8 Å². The summed E-state index contributed by atoms with van der Waals surface area (Å²) in [5.41, 5.74) is -0.0739. The number of nitro benzene ring substituents is 1. The van der Waals surface area contributed by atoms with Gasteiger partial charge < -0.3 is 14.9 Å². The molecule has 1 fully saturated rings. The number of anilines is 1. The van der Waals surface area contributed by atoms with E-state index in [0.717, 1.165) is 11.8 Å². The number of amides is 1. The minimum absolute atomic E-state index is 0.0971. The number of hydrogen-bond acceptors (Lipinski definition) is 6. The van der Waals surface area contributed by atoms with Crippen molar-refractivity contribution in [3.8, 4) is 5.75 Å². The molecule has 0 aliphatic carbocycles. The zero-order chi connectivity index (χ0) is 19.9. The molecule has 1 amide bonds. The molecule has 2 heterocycles. The number of carbonyl (C=O) groups is 1. The minimum atomic E-state index is -0.689. The Labute approximate surface area is 161 Å². The number of fused-ring (bicyclic) bond motifs is 1. The van der Waals surface area contributed by atoms with Gasteiger partial charge in [-0.1, -0.05) is 32.4 Å². The number of benzene rings is 1. The standard InChI is InChI=1S/C18H21ClN4O4/c1-18(2,3)17(25)22-8-6-21(7-9-22)12-4-5-20-15-14(12)11(19)10-13(16(15)24)23(26)27/h4-5,10,24H,6-9H2,1-3H3. The highest BCUT2D eigenvalue weighted by molar-refractivity contribution is 6.37. The molecule has 1 aromatic heterocycles. The molecule has 3 rings (SSSR count). The molecule has 1 aliphatic rings. The molecule has 0 saturated carbocycles. The summed E-state index contributed by atoms with van der Waals surface area (Å²) in [7, 11) is 0. The van der Waals surface area contributed by atoms with Crippen molar-refractivity contribution in [3.05, 3.63) is 33.5 Å². The van der Waals surface area contributed by atoms with Crippen LogP contribution in [0.3, 0.4) is 0 Å². The van der Waals surface area contributed by atoms with Gasteiger partial charge in [-0.3, -0.25) is 19.9 Å². The van der Waals surface area contributed by atoms with Gasteiger partial charge in [0.05, 0.1) is 9.95 Å². The summed E-state index contributed by atoms with van der Waals surface area (Å²) in [6.45, 7) is 8.01. The van der Waals surface area contributed by atoms with E-state index < -0.39 is 21.8 Å². The maximum absolute atomic E-state index is 12.5. The van der Waals surface area contributed by atoms with Crippen molar-refractivity contribution in [2.75, 3.05) is 31.1 Å². The molecule has 9 heteroatoms. The quantitative estimate of drug-likeness (QED) is 0.622. The van der Waals surface area contributed by atoms with E-state index in [9.17, 15) is 20.0 Å². The summed E-state index contributed by atoms with van der Waals surface area (Å²) in [6.07, 6.45) is 1.49. The van der Waals surface area contributed by atoms with Crippen LogP contribution in [0.15, 0.2) is 18.3 Å². The normalized spacial score (nSPS) is 15.3. The van der Waals surface area contributed by atoms with Gasteiger partial charge in [0.15, 0.2) is 0 Å². The monoisotopic (exact) mass is 392 g/mol. The van der Waals surface area contributed by atoms with E-state index in [0.29, 0.717) is 31.6 Å². The highest BCUT2D eigenvalue weighted by Gasteiger charge is 2.31. The van der Waals surface area contributed by atoms with Crippen molar-refractivity contribution in [2.45, 2.75) is 20.8 Å². The molecule has 27 heavy (non-hydrogen) atoms. The van der Waals surface area contributed by atoms with Crippen LogP contribution in [0, 0.1) is 15.5 Å². The van der Waals surface area contributed by atoms with Gasteiger partial charge in [0.1, 0.15) is 5.52 Å². The van der Waals surface area contributed by atoms with Gasteiger partial charge in [-0.2, -0.15) is 0 Å². The number of pyridine rings is 1. The fourth-order valence-electron chi connectivity index (χ4n) is 3.28. The van der Waals surface area contributed by atoms with Crippen LogP contribution in [0.25, 0.3) is 10.9 Å². The second kappa shape index (κ2) is 6.84. The molecule has 0 radical (unpaired) electrons. The highest BCUT2D eigenvalue weighted by atomic mass is 35.5. The van der Waals surface area contributed by atoms with E-state index in [1.807, 2.05) is 30.6 Å². The Morgan fingerprint density at radius 3 is 2.48 bits per heavy atom. The second-order valence-corrected chi connectivity index (χ2v) is 7.97. The first-order valence-corrected chi connectivity index (χ1v) is 8.98. The lowest BCUT2D eigenvalue weighted by Gasteiger charge is -2.39. The Hall–Kier alpha value is -2.61. The molecule has 0 unspecified atom stereocenters. The van der Waals surface area contributed by atoms with E-state index in [1.165, 1.54) is 6.20 Å². The molecular formula is C18H21ClN4O4. The van der Waals surface area contributed by atoms with Gasteiger partial charge in [-0.25, -0.2) is 0 Å². The van der Waals surface area contributed by atoms with Crippen LogP contribution in [-0.2, 0) is 4.79 Å². The maximum atomic E-state index is 12.5. The van der Waals surface area contributed by atoms with E-state index in [2.05, 4.69) is 4.98 Å². The first-order valence-electron chi connectivity index (χ1n) is 8.60. The molecule has 0 bridgehead atoms. The third kappa shape index (κ3) is 3.49. The topological polar surface area (TPSA) is 99.8 Å². The van der Waals surface area contributed by atoms with Gasteiger partial charge >= 0.3 is 5.69 Å². The summed E-state index contributed by atoms with van der Waals surface area (Å²) in [4.78, 5) is 30.8. The van der Waals surface area contributed by atoms with Crippen LogP contribution in [0.5, 0.6) is 5.75 Å². The second-order valence-electron chi connectivity index (χ2n) is 7.57. The zero-order valence-electron chi connectivity index (χ0n) is 15.4. The Bertz CT molecular complexity index is 918. The largest absolute Gasteiger partial charge is 0.501 e. The molecule has 144 valence electrons. The lowest BCUT2D eigenvalue weighted by atomic mass is 9.94. The number of rotatable bonds is 2. The summed E-state index contributed by atoms with van der Waals surface area (Å²) < 4.78 is 0. The minimum Gasteiger partial charge on any atom is -0.501 e. The first-order chi connectivity index (χ1) is 12.6. The lowest BCUT2D eigenvalue weighted by molar-refractivity contribution is -0.385. The van der Waals surface area contributed by atoms with Gasteiger partial charge in [-0.05, 0) is 6.07 Å². The molecule has 2 aromatic rings. The number of carbonyl (C=O) groups excluding carboxylic acids is 1. The van der Waals surface area contributed by atoms with Crippen LogP contribution in [0.4, 0.5) is 11.4 Å². The number of hydrogen-bond donors (Lipinski definition) is 1. The van der Waals surface area contributed by atoms with Gasteiger partial charge in [0, 0.05) is 54.9 Å².